The molecule has 1 atom stereocenters. The molecule has 0 bridgehead atoms. The molecule has 2 aromatic rings. The summed E-state index contributed by atoms with van der Waals surface area (Å²) in [6.07, 6.45) is 2.57. The van der Waals surface area contributed by atoms with E-state index in [1.807, 2.05) is 0 Å². The van der Waals surface area contributed by atoms with Gasteiger partial charge in [-0.1, -0.05) is 6.07 Å². The Hall–Kier alpha value is -1.81. The summed E-state index contributed by atoms with van der Waals surface area (Å²) >= 11 is 0. The summed E-state index contributed by atoms with van der Waals surface area (Å²) < 4.78 is 26.9. The first-order chi connectivity index (χ1) is 8.09. The summed E-state index contributed by atoms with van der Waals surface area (Å²) in [5.41, 5.74) is 7.28. The highest BCUT2D eigenvalue weighted by molar-refractivity contribution is 5.68. The second-order valence-corrected chi connectivity index (χ2v) is 3.88. The topological polar surface area (TPSA) is 38.9 Å². The number of nitrogens with zero attached hydrogens (tertiary/aromatic N) is 1. The lowest BCUT2D eigenvalue weighted by Crippen LogP contribution is -2.07. The molecule has 0 radical (unpaired) electrons. The van der Waals surface area contributed by atoms with Crippen LogP contribution in [-0.2, 0) is 0 Å². The van der Waals surface area contributed by atoms with Crippen molar-refractivity contribution in [2.24, 2.45) is 5.73 Å². The van der Waals surface area contributed by atoms with Crippen molar-refractivity contribution < 1.29 is 8.78 Å². The number of hydrogen-bond acceptors (Lipinski definition) is 2. The van der Waals surface area contributed by atoms with Crippen LogP contribution >= 0.6 is 0 Å². The first-order valence-corrected chi connectivity index (χ1v) is 5.24. The van der Waals surface area contributed by atoms with Gasteiger partial charge in [-0.25, -0.2) is 8.78 Å². The smallest absolute Gasteiger partial charge is 0.149 e. The van der Waals surface area contributed by atoms with Gasteiger partial charge in [0.1, 0.15) is 11.6 Å². The summed E-state index contributed by atoms with van der Waals surface area (Å²) in [4.78, 5) is 3.67. The van der Waals surface area contributed by atoms with E-state index in [0.717, 1.165) is 6.20 Å². The molecule has 2 rings (SSSR count). The molecular weight excluding hydrogens is 222 g/mol. The van der Waals surface area contributed by atoms with Gasteiger partial charge in [-0.3, -0.25) is 4.98 Å². The van der Waals surface area contributed by atoms with E-state index in [2.05, 4.69) is 4.98 Å². The summed E-state index contributed by atoms with van der Waals surface area (Å²) in [6.45, 7) is 1.77. The maximum Gasteiger partial charge on any atom is 0.149 e. The van der Waals surface area contributed by atoms with Crippen LogP contribution in [0.1, 0.15) is 18.5 Å². The van der Waals surface area contributed by atoms with Crippen LogP contribution in [0.2, 0.25) is 0 Å². The van der Waals surface area contributed by atoms with Gasteiger partial charge in [0.2, 0.25) is 0 Å². The van der Waals surface area contributed by atoms with Crippen molar-refractivity contribution in [2.75, 3.05) is 0 Å². The normalized spacial score (nSPS) is 12.5. The van der Waals surface area contributed by atoms with Crippen molar-refractivity contribution in [3.05, 3.63) is 53.9 Å². The maximum absolute atomic E-state index is 13.6. The predicted octanol–water partition coefficient (Wildman–Crippen LogP) is 3.05. The third kappa shape index (κ3) is 2.31. The van der Waals surface area contributed by atoms with Crippen molar-refractivity contribution in [2.45, 2.75) is 13.0 Å². The molecule has 1 unspecified atom stereocenters. The zero-order valence-electron chi connectivity index (χ0n) is 9.32. The molecule has 0 aliphatic carbocycles. The molecule has 17 heavy (non-hydrogen) atoms. The zero-order valence-corrected chi connectivity index (χ0v) is 9.32. The van der Waals surface area contributed by atoms with Crippen molar-refractivity contribution in [1.82, 2.24) is 4.98 Å². The number of halogens is 2. The summed E-state index contributed by atoms with van der Waals surface area (Å²) in [6, 6.07) is 5.40. The molecule has 0 aliphatic rings. The number of benzene rings is 1. The Labute approximate surface area is 98.1 Å². The van der Waals surface area contributed by atoms with Crippen molar-refractivity contribution >= 4 is 0 Å². The Kier molecular flexibility index (Phi) is 3.15. The fourth-order valence-corrected chi connectivity index (χ4v) is 1.75. The number of pyridine rings is 1. The van der Waals surface area contributed by atoms with Crippen LogP contribution in [0.5, 0.6) is 0 Å². The standard InChI is InChI=1S/C13H12F2N2/c1-8(16)10-3-2-9(14)6-12(10)11-4-5-17-7-13(11)15/h2-8H,16H2,1H3. The van der Waals surface area contributed by atoms with Crippen molar-refractivity contribution in [3.63, 3.8) is 0 Å². The molecule has 0 aliphatic heterocycles. The Bertz CT molecular complexity index is 539. The van der Waals surface area contributed by atoms with Gasteiger partial charge in [-0.15, -0.1) is 0 Å². The van der Waals surface area contributed by atoms with Crippen molar-refractivity contribution in [3.8, 4) is 11.1 Å². The second kappa shape index (κ2) is 4.59. The van der Waals surface area contributed by atoms with Gasteiger partial charge in [-0.2, -0.15) is 0 Å². The van der Waals surface area contributed by atoms with E-state index in [4.69, 9.17) is 5.73 Å². The minimum atomic E-state index is -0.486. The van der Waals surface area contributed by atoms with E-state index in [1.165, 1.54) is 24.4 Å². The molecule has 1 aromatic heterocycles. The molecule has 0 saturated carbocycles. The summed E-state index contributed by atoms with van der Waals surface area (Å²) in [7, 11) is 0. The van der Waals surface area contributed by atoms with Crippen LogP contribution in [0.15, 0.2) is 36.7 Å². The van der Waals surface area contributed by atoms with E-state index in [1.54, 1.807) is 13.0 Å². The Morgan fingerprint density at radius 1 is 1.18 bits per heavy atom. The third-order valence-corrected chi connectivity index (χ3v) is 2.57. The van der Waals surface area contributed by atoms with Crippen molar-refractivity contribution in [1.29, 1.82) is 0 Å². The van der Waals surface area contributed by atoms with Gasteiger partial charge >= 0.3 is 0 Å². The van der Waals surface area contributed by atoms with Crippen LogP contribution in [0.4, 0.5) is 8.78 Å². The summed E-state index contributed by atoms with van der Waals surface area (Å²) in [5.74, 6) is -0.902. The van der Waals surface area contributed by atoms with Gasteiger partial charge < -0.3 is 5.73 Å². The molecule has 0 amide bonds. The van der Waals surface area contributed by atoms with Crippen LogP contribution in [0.3, 0.4) is 0 Å². The van der Waals surface area contributed by atoms with Crippen LogP contribution in [0, 0.1) is 11.6 Å². The van der Waals surface area contributed by atoms with Crippen LogP contribution in [-0.4, -0.2) is 4.98 Å². The van der Waals surface area contributed by atoms with E-state index in [-0.39, 0.29) is 6.04 Å². The molecule has 1 aromatic carbocycles. The van der Waals surface area contributed by atoms with E-state index in [9.17, 15) is 8.78 Å². The highest BCUT2D eigenvalue weighted by Gasteiger charge is 2.13. The minimum Gasteiger partial charge on any atom is -0.324 e. The van der Waals surface area contributed by atoms with Gasteiger partial charge in [0.25, 0.3) is 0 Å². The minimum absolute atomic E-state index is 0.293. The fourth-order valence-electron chi connectivity index (χ4n) is 1.75. The van der Waals surface area contributed by atoms with Gasteiger partial charge in [0, 0.05) is 17.8 Å². The highest BCUT2D eigenvalue weighted by atomic mass is 19.1. The van der Waals surface area contributed by atoms with E-state index >= 15 is 0 Å². The first-order valence-electron chi connectivity index (χ1n) is 5.24. The monoisotopic (exact) mass is 234 g/mol. The van der Waals surface area contributed by atoms with Crippen LogP contribution in [0.25, 0.3) is 11.1 Å². The molecule has 0 spiro atoms. The molecule has 1 heterocycles. The lowest BCUT2D eigenvalue weighted by molar-refractivity contribution is 0.619. The largest absolute Gasteiger partial charge is 0.324 e. The third-order valence-electron chi connectivity index (χ3n) is 2.57. The molecule has 2 N–H and O–H groups in total. The predicted molar refractivity (Wildman–Crippen MR) is 62.2 cm³/mol. The quantitative estimate of drug-likeness (QED) is 0.867. The molecule has 88 valence electrons. The lowest BCUT2D eigenvalue weighted by atomic mass is 9.96. The SMILES string of the molecule is CC(N)c1ccc(F)cc1-c1ccncc1F. The van der Waals surface area contributed by atoms with Gasteiger partial charge in [-0.05, 0) is 36.2 Å². The lowest BCUT2D eigenvalue weighted by Gasteiger charge is -2.13. The van der Waals surface area contributed by atoms with Gasteiger partial charge in [0.05, 0.1) is 6.20 Å². The van der Waals surface area contributed by atoms with Crippen LogP contribution < -0.4 is 5.73 Å². The highest BCUT2D eigenvalue weighted by Crippen LogP contribution is 2.29. The molecule has 4 heteroatoms. The molecule has 0 saturated heterocycles. The Morgan fingerprint density at radius 2 is 1.94 bits per heavy atom. The summed E-state index contributed by atoms with van der Waals surface area (Å²) in [5, 5.41) is 0. The fraction of sp³-hybridized carbons (Fsp3) is 0.154. The number of aromatic nitrogens is 1. The zero-order chi connectivity index (χ0) is 12.4. The van der Waals surface area contributed by atoms with E-state index < -0.39 is 11.6 Å². The molecule has 0 fully saturated rings. The first kappa shape index (κ1) is 11.7. The Balaban J connectivity index is 2.65. The Morgan fingerprint density at radius 3 is 2.59 bits per heavy atom. The average molecular weight is 234 g/mol. The second-order valence-electron chi connectivity index (χ2n) is 3.88. The average Bonchev–Trinajstić information content (AvgIpc) is 2.29. The van der Waals surface area contributed by atoms with E-state index in [0.29, 0.717) is 16.7 Å². The number of hydrogen-bond donors (Lipinski definition) is 1. The van der Waals surface area contributed by atoms with Gasteiger partial charge in [0.15, 0.2) is 0 Å². The molecular formula is C13H12F2N2. The number of nitrogens with two attached hydrogens (primary N) is 1. The maximum atomic E-state index is 13.6. The number of rotatable bonds is 2. The molecule has 2 nitrogen and oxygen atoms in total.